The maximum absolute atomic E-state index is 5.96. The summed E-state index contributed by atoms with van der Waals surface area (Å²) >= 11 is 0. The second kappa shape index (κ2) is 5.57. The molecule has 0 radical (unpaired) electrons. The van der Waals surface area contributed by atoms with Crippen molar-refractivity contribution < 1.29 is 9.15 Å². The summed E-state index contributed by atoms with van der Waals surface area (Å²) in [5.74, 6) is 1.97. The Morgan fingerprint density at radius 2 is 2.14 bits per heavy atom. The molecule has 1 aliphatic rings. The van der Waals surface area contributed by atoms with E-state index in [9.17, 15) is 0 Å². The number of rotatable bonds is 5. The molecule has 1 atom stereocenters. The molecule has 3 heteroatoms. The molecule has 1 N–H and O–H groups in total. The minimum atomic E-state index is -0.0992. The molecular weight excluding hydrogens is 262 g/mol. The van der Waals surface area contributed by atoms with Crippen molar-refractivity contribution in [1.82, 2.24) is 5.32 Å². The summed E-state index contributed by atoms with van der Waals surface area (Å²) < 4.78 is 11.6. The van der Waals surface area contributed by atoms with Crippen LogP contribution in [0.25, 0.3) is 0 Å². The Kier molecular flexibility index (Phi) is 3.77. The highest BCUT2D eigenvalue weighted by Crippen LogP contribution is 2.37. The fourth-order valence-corrected chi connectivity index (χ4v) is 2.94. The molecule has 0 amide bonds. The normalized spacial score (nSPS) is 17.3. The van der Waals surface area contributed by atoms with Crippen molar-refractivity contribution in [3.05, 3.63) is 53.5 Å². The van der Waals surface area contributed by atoms with Gasteiger partial charge in [-0.2, -0.15) is 0 Å². The fourth-order valence-electron chi connectivity index (χ4n) is 2.94. The van der Waals surface area contributed by atoms with E-state index >= 15 is 0 Å². The first-order chi connectivity index (χ1) is 10.1. The van der Waals surface area contributed by atoms with Gasteiger partial charge in [0.1, 0.15) is 17.1 Å². The highest BCUT2D eigenvalue weighted by molar-refractivity contribution is 5.44. The van der Waals surface area contributed by atoms with Crippen LogP contribution in [0, 0.1) is 0 Å². The monoisotopic (exact) mass is 285 g/mol. The smallest absolute Gasteiger partial charge is 0.125 e. The first kappa shape index (κ1) is 14.2. The van der Waals surface area contributed by atoms with E-state index in [1.807, 2.05) is 12.1 Å². The molecule has 3 nitrogen and oxygen atoms in total. The third kappa shape index (κ3) is 2.98. The zero-order valence-electron chi connectivity index (χ0n) is 13.0. The molecule has 2 heterocycles. The first-order valence-corrected chi connectivity index (χ1v) is 7.68. The van der Waals surface area contributed by atoms with Crippen LogP contribution in [-0.2, 0) is 6.42 Å². The Labute approximate surface area is 126 Å². The zero-order valence-corrected chi connectivity index (χ0v) is 13.0. The highest BCUT2D eigenvalue weighted by atomic mass is 16.5. The lowest BCUT2D eigenvalue weighted by Gasteiger charge is -2.17. The molecule has 2 aromatic rings. The minimum absolute atomic E-state index is 0.0992. The quantitative estimate of drug-likeness (QED) is 0.898. The van der Waals surface area contributed by atoms with Gasteiger partial charge < -0.3 is 14.5 Å². The van der Waals surface area contributed by atoms with E-state index in [4.69, 9.17) is 9.15 Å². The van der Waals surface area contributed by atoms with Crippen LogP contribution in [-0.4, -0.2) is 12.1 Å². The van der Waals surface area contributed by atoms with Gasteiger partial charge in [-0.1, -0.05) is 13.0 Å². The lowest BCUT2D eigenvalue weighted by atomic mass is 9.97. The van der Waals surface area contributed by atoms with Crippen LogP contribution in [0.15, 0.2) is 41.0 Å². The molecule has 1 aromatic heterocycles. The summed E-state index contributed by atoms with van der Waals surface area (Å²) in [7, 11) is 0. The number of furan rings is 1. The van der Waals surface area contributed by atoms with E-state index in [1.165, 1.54) is 11.1 Å². The van der Waals surface area contributed by atoms with E-state index in [-0.39, 0.29) is 11.6 Å². The predicted octanol–water partition coefficient (Wildman–Crippen LogP) is 4.08. The summed E-state index contributed by atoms with van der Waals surface area (Å²) in [6.45, 7) is 7.40. The van der Waals surface area contributed by atoms with Gasteiger partial charge >= 0.3 is 0 Å². The molecule has 0 aliphatic carbocycles. The zero-order chi connectivity index (χ0) is 14.9. The van der Waals surface area contributed by atoms with Gasteiger partial charge in [-0.3, -0.25) is 0 Å². The number of fused-ring (bicyclic) bond motifs is 1. The SMILES string of the molecule is CCCNC(c1ccc2c(c1)CC(C)(C)O2)c1ccco1. The van der Waals surface area contributed by atoms with Crippen molar-refractivity contribution in [2.75, 3.05) is 6.54 Å². The van der Waals surface area contributed by atoms with Crippen LogP contribution in [0.1, 0.15) is 50.1 Å². The molecular formula is C18H23NO2. The van der Waals surface area contributed by atoms with Crippen LogP contribution >= 0.6 is 0 Å². The molecule has 3 rings (SSSR count). The molecule has 0 saturated heterocycles. The van der Waals surface area contributed by atoms with Gasteiger partial charge in [-0.25, -0.2) is 0 Å². The van der Waals surface area contributed by atoms with E-state index in [0.29, 0.717) is 0 Å². The van der Waals surface area contributed by atoms with Gasteiger partial charge in [0, 0.05) is 6.42 Å². The Morgan fingerprint density at radius 1 is 1.29 bits per heavy atom. The third-order valence-corrected chi connectivity index (χ3v) is 3.85. The highest BCUT2D eigenvalue weighted by Gasteiger charge is 2.30. The largest absolute Gasteiger partial charge is 0.487 e. The van der Waals surface area contributed by atoms with Gasteiger partial charge in [0.25, 0.3) is 0 Å². The Balaban J connectivity index is 1.91. The summed E-state index contributed by atoms with van der Waals surface area (Å²) in [5, 5.41) is 3.57. The van der Waals surface area contributed by atoms with Crippen molar-refractivity contribution in [3.8, 4) is 5.75 Å². The van der Waals surface area contributed by atoms with Crippen molar-refractivity contribution >= 4 is 0 Å². The van der Waals surface area contributed by atoms with Crippen molar-refractivity contribution in [2.24, 2.45) is 0 Å². The molecule has 112 valence electrons. The summed E-state index contributed by atoms with van der Waals surface area (Å²) in [6, 6.07) is 10.5. The van der Waals surface area contributed by atoms with Gasteiger partial charge in [-0.05, 0) is 62.2 Å². The number of ether oxygens (including phenoxy) is 1. The predicted molar refractivity (Wildman–Crippen MR) is 83.7 cm³/mol. The van der Waals surface area contributed by atoms with Crippen LogP contribution in [0.2, 0.25) is 0 Å². The maximum atomic E-state index is 5.96. The minimum Gasteiger partial charge on any atom is -0.487 e. The summed E-state index contributed by atoms with van der Waals surface area (Å²) in [5.41, 5.74) is 2.42. The van der Waals surface area contributed by atoms with Crippen LogP contribution < -0.4 is 10.1 Å². The average Bonchev–Trinajstić information content (AvgIpc) is 3.04. The number of hydrogen-bond donors (Lipinski definition) is 1. The number of hydrogen-bond acceptors (Lipinski definition) is 3. The third-order valence-electron chi connectivity index (χ3n) is 3.85. The van der Waals surface area contributed by atoms with Crippen molar-refractivity contribution in [3.63, 3.8) is 0 Å². The van der Waals surface area contributed by atoms with Crippen LogP contribution in [0.5, 0.6) is 5.75 Å². The average molecular weight is 285 g/mol. The van der Waals surface area contributed by atoms with Crippen LogP contribution in [0.4, 0.5) is 0 Å². The van der Waals surface area contributed by atoms with Gasteiger partial charge in [0.05, 0.1) is 12.3 Å². The lowest BCUT2D eigenvalue weighted by molar-refractivity contribution is 0.138. The molecule has 0 spiro atoms. The second-order valence-electron chi connectivity index (χ2n) is 6.31. The van der Waals surface area contributed by atoms with Gasteiger partial charge in [0.2, 0.25) is 0 Å². The molecule has 0 fully saturated rings. The first-order valence-electron chi connectivity index (χ1n) is 7.68. The molecule has 21 heavy (non-hydrogen) atoms. The molecule has 0 bridgehead atoms. The number of benzene rings is 1. The fraction of sp³-hybridized carbons (Fsp3) is 0.444. The van der Waals surface area contributed by atoms with E-state index < -0.39 is 0 Å². The Bertz CT molecular complexity index is 602. The topological polar surface area (TPSA) is 34.4 Å². The summed E-state index contributed by atoms with van der Waals surface area (Å²) in [4.78, 5) is 0. The maximum Gasteiger partial charge on any atom is 0.125 e. The Hall–Kier alpha value is -1.74. The summed E-state index contributed by atoms with van der Waals surface area (Å²) in [6.07, 6.45) is 3.78. The molecule has 1 aromatic carbocycles. The van der Waals surface area contributed by atoms with E-state index in [0.717, 1.165) is 30.9 Å². The lowest BCUT2D eigenvalue weighted by Crippen LogP contribution is -2.24. The standard InChI is InChI=1S/C18H23NO2/c1-4-9-19-17(16-6-5-10-20-16)13-7-8-15-14(11-13)12-18(2,3)21-15/h5-8,10-11,17,19H,4,9,12H2,1-3H3. The van der Waals surface area contributed by atoms with E-state index in [1.54, 1.807) is 6.26 Å². The van der Waals surface area contributed by atoms with E-state index in [2.05, 4.69) is 44.3 Å². The molecule has 1 aliphatic heterocycles. The second-order valence-corrected chi connectivity index (χ2v) is 6.31. The van der Waals surface area contributed by atoms with Crippen molar-refractivity contribution in [2.45, 2.75) is 45.3 Å². The van der Waals surface area contributed by atoms with Crippen molar-refractivity contribution in [1.29, 1.82) is 0 Å². The van der Waals surface area contributed by atoms with Gasteiger partial charge in [-0.15, -0.1) is 0 Å². The number of nitrogens with one attached hydrogen (secondary N) is 1. The van der Waals surface area contributed by atoms with Crippen LogP contribution in [0.3, 0.4) is 0 Å². The van der Waals surface area contributed by atoms with Gasteiger partial charge in [0.15, 0.2) is 0 Å². The molecule has 0 saturated carbocycles. The Morgan fingerprint density at radius 3 is 2.86 bits per heavy atom. The molecule has 1 unspecified atom stereocenters.